The van der Waals surface area contributed by atoms with Crippen LogP contribution in [0, 0.1) is 0 Å². The molecule has 0 saturated heterocycles. The number of carbonyl (C=O) groups is 2. The summed E-state index contributed by atoms with van der Waals surface area (Å²) in [5.74, 6) is 0.773. The molecule has 1 aromatic heterocycles. The lowest BCUT2D eigenvalue weighted by Gasteiger charge is -2.08. The third kappa shape index (κ3) is 15.2. The van der Waals surface area contributed by atoms with Crippen molar-refractivity contribution in [1.82, 2.24) is 4.98 Å². The van der Waals surface area contributed by atoms with Gasteiger partial charge in [-0.05, 0) is 73.5 Å². The molecule has 0 atom stereocenters. The summed E-state index contributed by atoms with van der Waals surface area (Å²) in [4.78, 5) is 29.5. The van der Waals surface area contributed by atoms with Gasteiger partial charge in [0.2, 0.25) is 0 Å². The topological polar surface area (TPSA) is 65.5 Å². The third-order valence-electron chi connectivity index (χ3n) is 8.48. The minimum absolute atomic E-state index is 0.173. The van der Waals surface area contributed by atoms with E-state index in [9.17, 15) is 9.59 Å². The first-order valence-electron chi connectivity index (χ1n) is 18.2. The zero-order chi connectivity index (χ0) is 32.7. The second-order valence-corrected chi connectivity index (χ2v) is 12.6. The van der Waals surface area contributed by atoms with E-state index >= 15 is 0 Å². The van der Waals surface area contributed by atoms with Gasteiger partial charge >= 0.3 is 11.9 Å². The molecule has 0 fully saturated rings. The average Bonchev–Trinajstić information content (AvgIpc) is 3.07. The van der Waals surface area contributed by atoms with Crippen LogP contribution in [0.2, 0.25) is 0 Å². The number of pyridine rings is 1. The van der Waals surface area contributed by atoms with E-state index < -0.39 is 0 Å². The average molecular weight is 628 g/mol. The molecule has 0 amide bonds. The van der Waals surface area contributed by atoms with Gasteiger partial charge in [-0.3, -0.25) is 9.59 Å². The minimum Gasteiger partial charge on any atom is -0.427 e. The molecule has 0 aliphatic carbocycles. The van der Waals surface area contributed by atoms with Gasteiger partial charge in [0.25, 0.3) is 0 Å². The summed E-state index contributed by atoms with van der Waals surface area (Å²) in [5.41, 5.74) is 3.56. The van der Waals surface area contributed by atoms with Crippen LogP contribution in [0.3, 0.4) is 0 Å². The van der Waals surface area contributed by atoms with Crippen molar-refractivity contribution in [2.75, 3.05) is 0 Å². The monoisotopic (exact) mass is 627 g/mol. The van der Waals surface area contributed by atoms with Crippen molar-refractivity contribution in [3.8, 4) is 34.0 Å². The van der Waals surface area contributed by atoms with Crippen LogP contribution in [0.25, 0.3) is 22.5 Å². The van der Waals surface area contributed by atoms with Gasteiger partial charge in [-0.15, -0.1) is 0 Å². The fraction of sp³-hybridized carbons (Fsp3) is 0.537. The van der Waals surface area contributed by atoms with Crippen LogP contribution < -0.4 is 9.47 Å². The third-order valence-corrected chi connectivity index (χ3v) is 8.48. The Morgan fingerprint density at radius 3 is 1.13 bits per heavy atom. The Kier molecular flexibility index (Phi) is 18.5. The first-order chi connectivity index (χ1) is 22.6. The van der Waals surface area contributed by atoms with Crippen LogP contribution in [-0.4, -0.2) is 16.9 Å². The van der Waals surface area contributed by atoms with Crippen LogP contribution >= 0.6 is 0 Å². The molecule has 5 nitrogen and oxygen atoms in total. The van der Waals surface area contributed by atoms with Gasteiger partial charge in [0.15, 0.2) is 0 Å². The standard InChI is InChI=1S/C41H57NO4/c1-3-5-7-9-11-13-15-17-19-24-40(43)45-36-30-26-34(27-31-36)38-22-21-23-39(42-38)35-28-32-37(33-29-35)46-41(44)25-20-18-16-14-12-10-8-6-4-2/h21-23,26-33H,3-20,24-25H2,1-2H3. The maximum Gasteiger partial charge on any atom is 0.311 e. The van der Waals surface area contributed by atoms with Crippen molar-refractivity contribution in [3.05, 3.63) is 66.7 Å². The Morgan fingerprint density at radius 1 is 0.457 bits per heavy atom. The Bertz CT molecular complexity index is 1160. The van der Waals surface area contributed by atoms with Crippen LogP contribution in [-0.2, 0) is 9.59 Å². The molecule has 3 rings (SSSR count). The van der Waals surface area contributed by atoms with E-state index in [0.29, 0.717) is 24.3 Å². The molecule has 46 heavy (non-hydrogen) atoms. The number of aromatic nitrogens is 1. The van der Waals surface area contributed by atoms with Gasteiger partial charge in [0.1, 0.15) is 11.5 Å². The van der Waals surface area contributed by atoms with Crippen molar-refractivity contribution in [2.24, 2.45) is 0 Å². The number of rotatable bonds is 24. The number of esters is 2. The molecule has 0 aliphatic heterocycles. The van der Waals surface area contributed by atoms with E-state index in [1.807, 2.05) is 66.7 Å². The second-order valence-electron chi connectivity index (χ2n) is 12.6. The maximum absolute atomic E-state index is 12.3. The van der Waals surface area contributed by atoms with Crippen LogP contribution in [0.15, 0.2) is 66.7 Å². The molecule has 1 heterocycles. The van der Waals surface area contributed by atoms with Crippen molar-refractivity contribution in [3.63, 3.8) is 0 Å². The highest BCUT2D eigenvalue weighted by Gasteiger charge is 2.09. The Morgan fingerprint density at radius 2 is 0.783 bits per heavy atom. The summed E-state index contributed by atoms with van der Waals surface area (Å²) in [5, 5.41) is 0. The highest BCUT2D eigenvalue weighted by atomic mass is 16.5. The molecule has 0 bridgehead atoms. The zero-order valence-corrected chi connectivity index (χ0v) is 28.6. The molecule has 2 aromatic carbocycles. The first kappa shape index (κ1) is 37.0. The molecule has 5 heteroatoms. The zero-order valence-electron chi connectivity index (χ0n) is 28.6. The lowest BCUT2D eigenvalue weighted by molar-refractivity contribution is -0.135. The van der Waals surface area contributed by atoms with E-state index in [1.54, 1.807) is 0 Å². The largest absolute Gasteiger partial charge is 0.427 e. The molecule has 3 aromatic rings. The van der Waals surface area contributed by atoms with Crippen molar-refractivity contribution < 1.29 is 19.1 Å². The first-order valence-corrected chi connectivity index (χ1v) is 18.2. The number of unbranched alkanes of at least 4 members (excludes halogenated alkanes) is 16. The van der Waals surface area contributed by atoms with Gasteiger partial charge in [-0.25, -0.2) is 4.98 Å². The summed E-state index contributed by atoms with van der Waals surface area (Å²) in [6.07, 6.45) is 22.9. The van der Waals surface area contributed by atoms with E-state index in [-0.39, 0.29) is 11.9 Å². The lowest BCUT2D eigenvalue weighted by Crippen LogP contribution is -2.07. The quantitative estimate of drug-likeness (QED) is 0.0561. The molecule has 250 valence electrons. The van der Waals surface area contributed by atoms with E-state index in [1.165, 1.54) is 89.9 Å². The highest BCUT2D eigenvalue weighted by Crippen LogP contribution is 2.26. The summed E-state index contributed by atoms with van der Waals surface area (Å²) >= 11 is 0. The minimum atomic E-state index is -0.173. The summed E-state index contributed by atoms with van der Waals surface area (Å²) in [6.45, 7) is 4.49. The number of carbonyl (C=O) groups excluding carboxylic acids is 2. The number of benzene rings is 2. The van der Waals surface area contributed by atoms with Crippen LogP contribution in [0.5, 0.6) is 11.5 Å². The molecule has 0 radical (unpaired) electrons. The predicted octanol–water partition coefficient (Wildman–Crippen LogP) is 12.1. The lowest BCUT2D eigenvalue weighted by atomic mass is 10.1. The molecule has 0 saturated carbocycles. The number of hydrogen-bond acceptors (Lipinski definition) is 5. The van der Waals surface area contributed by atoms with Crippen molar-refractivity contribution in [1.29, 1.82) is 0 Å². The summed E-state index contributed by atoms with van der Waals surface area (Å²) in [7, 11) is 0. The summed E-state index contributed by atoms with van der Waals surface area (Å²) < 4.78 is 11.1. The number of nitrogens with zero attached hydrogens (tertiary/aromatic N) is 1. The van der Waals surface area contributed by atoms with Gasteiger partial charge in [0, 0.05) is 24.0 Å². The van der Waals surface area contributed by atoms with E-state index in [2.05, 4.69) is 13.8 Å². The van der Waals surface area contributed by atoms with Crippen LogP contribution in [0.1, 0.15) is 142 Å². The molecule has 0 unspecified atom stereocenters. The predicted molar refractivity (Wildman–Crippen MR) is 190 cm³/mol. The summed E-state index contributed by atoms with van der Waals surface area (Å²) in [6, 6.07) is 21.0. The van der Waals surface area contributed by atoms with Crippen molar-refractivity contribution in [2.45, 2.75) is 142 Å². The second kappa shape index (κ2) is 22.9. The molecule has 0 aliphatic rings. The SMILES string of the molecule is CCCCCCCCCCCC(=O)Oc1ccc(-c2cccc(-c3ccc(OC(=O)CCCCCCCCCCC)cc3)n2)cc1. The fourth-order valence-electron chi connectivity index (χ4n) is 5.67. The van der Waals surface area contributed by atoms with Gasteiger partial charge in [0.05, 0.1) is 11.4 Å². The molecule has 0 spiro atoms. The molecular weight excluding hydrogens is 570 g/mol. The normalized spacial score (nSPS) is 11.0. The molecular formula is C41H57NO4. The number of ether oxygens (including phenoxy) is 2. The Balaban J connectivity index is 1.37. The van der Waals surface area contributed by atoms with Gasteiger partial charge < -0.3 is 9.47 Å². The maximum atomic E-state index is 12.3. The van der Waals surface area contributed by atoms with Gasteiger partial charge in [-0.2, -0.15) is 0 Å². The Hall–Kier alpha value is -3.47. The van der Waals surface area contributed by atoms with Gasteiger partial charge in [-0.1, -0.05) is 123 Å². The van der Waals surface area contributed by atoms with E-state index in [0.717, 1.165) is 48.2 Å². The van der Waals surface area contributed by atoms with Crippen LogP contribution in [0.4, 0.5) is 0 Å². The van der Waals surface area contributed by atoms with Crippen molar-refractivity contribution >= 4 is 11.9 Å². The number of hydrogen-bond donors (Lipinski definition) is 0. The highest BCUT2D eigenvalue weighted by molar-refractivity contribution is 5.74. The smallest absolute Gasteiger partial charge is 0.311 e. The molecule has 0 N–H and O–H groups in total. The van der Waals surface area contributed by atoms with E-state index in [4.69, 9.17) is 14.5 Å². The fourth-order valence-corrected chi connectivity index (χ4v) is 5.67. The Labute approximate surface area is 278 Å².